The van der Waals surface area contributed by atoms with Crippen molar-refractivity contribution in [1.82, 2.24) is 19.9 Å². The van der Waals surface area contributed by atoms with E-state index < -0.39 is 0 Å². The molecular formula is C28H23N7. The van der Waals surface area contributed by atoms with Gasteiger partial charge in [0.25, 0.3) is 0 Å². The van der Waals surface area contributed by atoms with Crippen molar-refractivity contribution in [2.75, 3.05) is 10.6 Å². The minimum absolute atomic E-state index is 0.0482. The van der Waals surface area contributed by atoms with Crippen molar-refractivity contribution < 1.29 is 0 Å². The van der Waals surface area contributed by atoms with Crippen LogP contribution in [-0.4, -0.2) is 19.9 Å². The van der Waals surface area contributed by atoms with Crippen molar-refractivity contribution >= 4 is 33.8 Å². The van der Waals surface area contributed by atoms with Crippen LogP contribution in [0.5, 0.6) is 0 Å². The van der Waals surface area contributed by atoms with Crippen molar-refractivity contribution in [3.8, 4) is 17.5 Å². The smallest absolute Gasteiger partial charge is 0.138 e. The van der Waals surface area contributed by atoms with Crippen LogP contribution in [0.1, 0.15) is 17.7 Å². The second kappa shape index (κ2) is 8.92. The van der Waals surface area contributed by atoms with E-state index in [-0.39, 0.29) is 5.92 Å². The van der Waals surface area contributed by atoms with Crippen LogP contribution in [0.15, 0.2) is 79.3 Å². The standard InChI is InChI=1S/C28H23N7/c29-17-18-4-6-24-23(14-18)25(10-13-31-24)33-21-3-1-2-19(15-21)28-34-26-7-5-22(16-27(26)35-28)32-20-8-11-30-12-9-20/h1-3,5,7-13,15-16,18H,4,6,14H2,(H,30,32)(H,31,33)(H,34,35). The highest BCUT2D eigenvalue weighted by Crippen LogP contribution is 2.32. The van der Waals surface area contributed by atoms with Gasteiger partial charge < -0.3 is 15.6 Å². The Morgan fingerprint density at radius 2 is 1.80 bits per heavy atom. The van der Waals surface area contributed by atoms with E-state index in [4.69, 9.17) is 4.98 Å². The summed E-state index contributed by atoms with van der Waals surface area (Å²) in [5.41, 5.74) is 9.05. The summed E-state index contributed by atoms with van der Waals surface area (Å²) in [7, 11) is 0. The summed E-state index contributed by atoms with van der Waals surface area (Å²) in [5.74, 6) is 0.859. The SMILES string of the molecule is N#CC1CCc2nccc(Nc3cccc(-c4nc5ccc(Nc6ccncc6)cc5[nH]4)c3)c2C1. The predicted octanol–water partition coefficient (Wildman–Crippen LogP) is 6.14. The van der Waals surface area contributed by atoms with Gasteiger partial charge >= 0.3 is 0 Å². The molecule has 35 heavy (non-hydrogen) atoms. The molecule has 0 amide bonds. The summed E-state index contributed by atoms with van der Waals surface area (Å²) in [6.45, 7) is 0. The number of nitrogens with one attached hydrogen (secondary N) is 3. The van der Waals surface area contributed by atoms with Crippen LogP contribution in [0.25, 0.3) is 22.4 Å². The van der Waals surface area contributed by atoms with Gasteiger partial charge in [-0.2, -0.15) is 5.26 Å². The minimum atomic E-state index is 0.0482. The van der Waals surface area contributed by atoms with Crippen LogP contribution in [0.3, 0.4) is 0 Å². The summed E-state index contributed by atoms with van der Waals surface area (Å²) < 4.78 is 0. The van der Waals surface area contributed by atoms with E-state index in [9.17, 15) is 5.26 Å². The fourth-order valence-electron chi connectivity index (χ4n) is 4.59. The first-order valence-electron chi connectivity index (χ1n) is 11.7. The number of nitriles is 1. The van der Waals surface area contributed by atoms with Crippen molar-refractivity contribution in [3.05, 3.63) is 90.5 Å². The first kappa shape index (κ1) is 20.9. The monoisotopic (exact) mass is 457 g/mol. The Balaban J connectivity index is 1.27. The maximum Gasteiger partial charge on any atom is 0.138 e. The summed E-state index contributed by atoms with van der Waals surface area (Å²) in [4.78, 5) is 16.9. The lowest BCUT2D eigenvalue weighted by atomic mass is 9.86. The zero-order valence-electron chi connectivity index (χ0n) is 19.0. The Hall–Kier alpha value is -4.70. The Morgan fingerprint density at radius 3 is 2.69 bits per heavy atom. The lowest BCUT2D eigenvalue weighted by molar-refractivity contribution is 0.556. The zero-order chi connectivity index (χ0) is 23.6. The molecule has 2 aromatic carbocycles. The number of benzene rings is 2. The molecule has 5 aromatic rings. The predicted molar refractivity (Wildman–Crippen MR) is 138 cm³/mol. The largest absolute Gasteiger partial charge is 0.355 e. The number of H-pyrrole nitrogens is 1. The molecule has 0 fully saturated rings. The van der Waals surface area contributed by atoms with Crippen molar-refractivity contribution in [2.24, 2.45) is 5.92 Å². The molecule has 170 valence electrons. The number of aromatic nitrogens is 4. The summed E-state index contributed by atoms with van der Waals surface area (Å²) in [6.07, 6.45) is 7.83. The Labute approximate surface area is 202 Å². The average Bonchev–Trinajstić information content (AvgIpc) is 3.33. The lowest BCUT2D eigenvalue weighted by Gasteiger charge is -2.22. The van der Waals surface area contributed by atoms with Gasteiger partial charge in [0.05, 0.1) is 23.0 Å². The van der Waals surface area contributed by atoms with E-state index in [1.165, 1.54) is 0 Å². The highest BCUT2D eigenvalue weighted by atomic mass is 14.9. The van der Waals surface area contributed by atoms with Gasteiger partial charge in [0.15, 0.2) is 0 Å². The third-order valence-corrected chi connectivity index (χ3v) is 6.37. The highest BCUT2D eigenvalue weighted by molar-refractivity contribution is 5.84. The van der Waals surface area contributed by atoms with Crippen molar-refractivity contribution in [3.63, 3.8) is 0 Å². The van der Waals surface area contributed by atoms with Gasteiger partial charge in [-0.25, -0.2) is 4.98 Å². The molecule has 0 aliphatic heterocycles. The number of hydrogen-bond donors (Lipinski definition) is 3. The van der Waals surface area contributed by atoms with Gasteiger partial charge in [-0.05, 0) is 73.4 Å². The fraction of sp³-hybridized carbons (Fsp3) is 0.143. The molecule has 0 bridgehead atoms. The second-order valence-corrected chi connectivity index (χ2v) is 8.74. The van der Waals surface area contributed by atoms with Crippen molar-refractivity contribution in [1.29, 1.82) is 5.26 Å². The highest BCUT2D eigenvalue weighted by Gasteiger charge is 2.22. The maximum atomic E-state index is 9.40. The molecule has 0 saturated heterocycles. The van der Waals surface area contributed by atoms with Crippen LogP contribution in [0.2, 0.25) is 0 Å². The first-order valence-corrected chi connectivity index (χ1v) is 11.7. The van der Waals surface area contributed by atoms with Gasteiger partial charge in [0.1, 0.15) is 5.82 Å². The van der Waals surface area contributed by atoms with Crippen molar-refractivity contribution in [2.45, 2.75) is 19.3 Å². The minimum Gasteiger partial charge on any atom is -0.355 e. The lowest BCUT2D eigenvalue weighted by Crippen LogP contribution is -2.15. The van der Waals surface area contributed by atoms with E-state index in [1.807, 2.05) is 54.7 Å². The van der Waals surface area contributed by atoms with E-state index in [2.05, 4.69) is 43.8 Å². The van der Waals surface area contributed by atoms with Gasteiger partial charge in [-0.15, -0.1) is 0 Å². The fourth-order valence-corrected chi connectivity index (χ4v) is 4.59. The molecule has 0 radical (unpaired) electrons. The maximum absolute atomic E-state index is 9.40. The molecule has 7 nitrogen and oxygen atoms in total. The molecule has 3 aromatic heterocycles. The number of aryl methyl sites for hydroxylation is 1. The van der Waals surface area contributed by atoms with Gasteiger partial charge in [-0.3, -0.25) is 9.97 Å². The molecule has 6 rings (SSSR count). The van der Waals surface area contributed by atoms with E-state index in [1.54, 1.807) is 12.4 Å². The van der Waals surface area contributed by atoms with E-state index in [0.717, 1.165) is 75.7 Å². The number of fused-ring (bicyclic) bond motifs is 2. The molecule has 7 heteroatoms. The Bertz CT molecular complexity index is 1550. The summed E-state index contributed by atoms with van der Waals surface area (Å²) in [6, 6.07) is 22.6. The molecule has 0 saturated carbocycles. The Kier molecular flexibility index (Phi) is 5.32. The van der Waals surface area contributed by atoms with Gasteiger partial charge in [-0.1, -0.05) is 12.1 Å². The first-order chi connectivity index (χ1) is 17.2. The summed E-state index contributed by atoms with van der Waals surface area (Å²) >= 11 is 0. The van der Waals surface area contributed by atoms with Gasteiger partial charge in [0, 0.05) is 52.6 Å². The second-order valence-electron chi connectivity index (χ2n) is 8.74. The van der Waals surface area contributed by atoms with Crippen LogP contribution < -0.4 is 10.6 Å². The molecule has 1 aliphatic carbocycles. The number of aromatic amines is 1. The molecule has 3 heterocycles. The van der Waals surface area contributed by atoms with Crippen LogP contribution in [0, 0.1) is 17.2 Å². The summed E-state index contributed by atoms with van der Waals surface area (Å²) in [5, 5.41) is 16.3. The van der Waals surface area contributed by atoms with Gasteiger partial charge in [0.2, 0.25) is 0 Å². The molecule has 1 aliphatic rings. The third kappa shape index (κ3) is 4.30. The zero-order valence-corrected chi connectivity index (χ0v) is 19.0. The number of pyridine rings is 2. The van der Waals surface area contributed by atoms with Crippen LogP contribution in [-0.2, 0) is 12.8 Å². The molecule has 0 spiro atoms. The molecule has 1 unspecified atom stereocenters. The molecule has 1 atom stereocenters. The third-order valence-electron chi connectivity index (χ3n) is 6.37. The van der Waals surface area contributed by atoms with E-state index >= 15 is 0 Å². The van der Waals surface area contributed by atoms with Crippen LogP contribution in [0.4, 0.5) is 22.7 Å². The normalized spacial score (nSPS) is 14.8. The topological polar surface area (TPSA) is 102 Å². The number of rotatable bonds is 5. The van der Waals surface area contributed by atoms with Crippen LogP contribution >= 0.6 is 0 Å². The van der Waals surface area contributed by atoms with E-state index in [0.29, 0.717) is 0 Å². The Morgan fingerprint density at radius 1 is 0.914 bits per heavy atom. The number of hydrogen-bond acceptors (Lipinski definition) is 6. The molecule has 3 N–H and O–H groups in total. The quantitative estimate of drug-likeness (QED) is 0.293. The average molecular weight is 458 g/mol. The number of nitrogens with zero attached hydrogens (tertiary/aromatic N) is 4. The number of anilines is 4. The number of imidazole rings is 1. The molecular weight excluding hydrogens is 434 g/mol.